The minimum Gasteiger partial charge on any atom is -0.497 e. The Bertz CT molecular complexity index is 957. The molecule has 0 unspecified atom stereocenters. The van der Waals surface area contributed by atoms with Gasteiger partial charge in [-0.15, -0.1) is 10.2 Å². The first-order valence-corrected chi connectivity index (χ1v) is 8.62. The monoisotopic (exact) mass is 391 g/mol. The van der Waals surface area contributed by atoms with Gasteiger partial charge in [-0.05, 0) is 18.2 Å². The van der Waals surface area contributed by atoms with Gasteiger partial charge in [0.15, 0.2) is 0 Å². The molecule has 2 aromatic carbocycles. The van der Waals surface area contributed by atoms with E-state index in [1.54, 1.807) is 18.2 Å². The molecule has 0 aliphatic carbocycles. The Hall–Kier alpha value is -3.14. The third kappa shape index (κ3) is 4.17. The first kappa shape index (κ1) is 18.6. The summed E-state index contributed by atoms with van der Waals surface area (Å²) in [6.45, 7) is 0. The summed E-state index contributed by atoms with van der Waals surface area (Å²) in [5.74, 6) is 0.649. The molecule has 0 fully saturated rings. The molecule has 0 N–H and O–H groups in total. The summed E-state index contributed by atoms with van der Waals surface area (Å²) in [6.07, 6.45) is 0. The fourth-order valence-electron chi connectivity index (χ4n) is 2.31. The molecule has 140 valence electrons. The number of nitro benzene ring substituents is 1. The maximum absolute atomic E-state index is 13.9. The van der Waals surface area contributed by atoms with E-state index < -0.39 is 10.7 Å². The molecule has 0 aliphatic heterocycles. The largest absolute Gasteiger partial charge is 0.497 e. The Morgan fingerprint density at radius 1 is 1.19 bits per heavy atom. The van der Waals surface area contributed by atoms with E-state index >= 15 is 0 Å². The predicted octanol–water partition coefficient (Wildman–Crippen LogP) is 4.09. The van der Waals surface area contributed by atoms with E-state index in [2.05, 4.69) is 10.2 Å². The number of hydrogen-bond acceptors (Lipinski definition) is 8. The fourth-order valence-corrected chi connectivity index (χ4v) is 3.10. The van der Waals surface area contributed by atoms with Crippen LogP contribution in [0.1, 0.15) is 5.56 Å². The molecule has 0 amide bonds. The molecular weight excluding hydrogens is 377 g/mol. The highest BCUT2D eigenvalue weighted by molar-refractivity contribution is 7.98. The van der Waals surface area contributed by atoms with Crippen LogP contribution in [0.15, 0.2) is 46.0 Å². The molecule has 3 rings (SSSR count). The maximum atomic E-state index is 13.9. The van der Waals surface area contributed by atoms with Crippen LogP contribution in [0, 0.1) is 15.9 Å². The SMILES string of the molecule is COc1cc(OC)cc(-c2nnc(SCc3c(F)cccc3[N+](=O)[O-])o2)c1. The molecule has 3 aromatic rings. The molecular formula is C17H14FN3O5S. The lowest BCUT2D eigenvalue weighted by Crippen LogP contribution is -1.97. The summed E-state index contributed by atoms with van der Waals surface area (Å²) in [7, 11) is 3.05. The van der Waals surface area contributed by atoms with Crippen molar-refractivity contribution < 1.29 is 23.2 Å². The molecule has 0 aliphatic rings. The lowest BCUT2D eigenvalue weighted by molar-refractivity contribution is -0.385. The summed E-state index contributed by atoms with van der Waals surface area (Å²) in [4.78, 5) is 10.4. The standard InChI is InChI=1S/C17H14FN3O5S/c1-24-11-6-10(7-12(8-11)25-2)16-19-20-17(26-16)27-9-13-14(18)4-3-5-15(13)21(22)23/h3-8H,9H2,1-2H3. The first-order chi connectivity index (χ1) is 13.0. The molecule has 1 aromatic heterocycles. The van der Waals surface area contributed by atoms with Gasteiger partial charge in [-0.1, -0.05) is 17.8 Å². The quantitative estimate of drug-likeness (QED) is 0.337. The van der Waals surface area contributed by atoms with Crippen LogP contribution < -0.4 is 9.47 Å². The van der Waals surface area contributed by atoms with Crippen LogP contribution >= 0.6 is 11.8 Å². The molecule has 0 radical (unpaired) electrons. The molecule has 0 saturated carbocycles. The Balaban J connectivity index is 1.81. The van der Waals surface area contributed by atoms with Gasteiger partial charge >= 0.3 is 0 Å². The smallest absolute Gasteiger partial charge is 0.277 e. The molecule has 27 heavy (non-hydrogen) atoms. The summed E-state index contributed by atoms with van der Waals surface area (Å²) >= 11 is 1.01. The highest BCUT2D eigenvalue weighted by Crippen LogP contribution is 2.33. The minimum absolute atomic E-state index is 0.0218. The Labute approximate surface area is 157 Å². The van der Waals surface area contributed by atoms with Crippen molar-refractivity contribution in [1.82, 2.24) is 10.2 Å². The van der Waals surface area contributed by atoms with Crippen molar-refractivity contribution in [2.45, 2.75) is 11.0 Å². The number of thioether (sulfide) groups is 1. The molecule has 0 saturated heterocycles. The third-order valence-corrected chi connectivity index (χ3v) is 4.48. The van der Waals surface area contributed by atoms with E-state index in [1.807, 2.05) is 0 Å². The van der Waals surface area contributed by atoms with E-state index in [4.69, 9.17) is 13.9 Å². The van der Waals surface area contributed by atoms with Gasteiger partial charge in [-0.25, -0.2) is 4.39 Å². The van der Waals surface area contributed by atoms with Gasteiger partial charge < -0.3 is 13.9 Å². The zero-order valence-electron chi connectivity index (χ0n) is 14.3. The van der Waals surface area contributed by atoms with Crippen molar-refractivity contribution in [1.29, 1.82) is 0 Å². The van der Waals surface area contributed by atoms with Gasteiger partial charge in [0.1, 0.15) is 17.3 Å². The second-order valence-corrected chi connectivity index (χ2v) is 6.18. The lowest BCUT2D eigenvalue weighted by Gasteiger charge is -2.05. The number of rotatable bonds is 7. The number of nitro groups is 1. The van der Waals surface area contributed by atoms with Crippen molar-refractivity contribution >= 4 is 17.4 Å². The maximum Gasteiger partial charge on any atom is 0.277 e. The van der Waals surface area contributed by atoms with Gasteiger partial charge in [0.05, 0.1) is 24.7 Å². The Morgan fingerprint density at radius 3 is 2.52 bits per heavy atom. The number of aromatic nitrogens is 2. The average Bonchev–Trinajstić information content (AvgIpc) is 3.15. The lowest BCUT2D eigenvalue weighted by atomic mass is 10.2. The summed E-state index contributed by atoms with van der Waals surface area (Å²) in [5.41, 5.74) is 0.262. The fraction of sp³-hybridized carbons (Fsp3) is 0.176. The van der Waals surface area contributed by atoms with Crippen LogP contribution in [0.4, 0.5) is 10.1 Å². The summed E-state index contributed by atoms with van der Waals surface area (Å²) in [5, 5.41) is 19.1. The van der Waals surface area contributed by atoms with Gasteiger partial charge in [0.25, 0.3) is 10.9 Å². The molecule has 0 atom stereocenters. The zero-order chi connectivity index (χ0) is 19.4. The molecule has 10 heteroatoms. The van der Waals surface area contributed by atoms with Crippen LogP contribution in [-0.2, 0) is 5.75 Å². The van der Waals surface area contributed by atoms with E-state index in [0.717, 1.165) is 11.8 Å². The van der Waals surface area contributed by atoms with Crippen LogP contribution in [0.2, 0.25) is 0 Å². The minimum atomic E-state index is -0.658. The van der Waals surface area contributed by atoms with E-state index in [9.17, 15) is 14.5 Å². The van der Waals surface area contributed by atoms with E-state index in [0.29, 0.717) is 17.1 Å². The van der Waals surface area contributed by atoms with Crippen LogP contribution in [-0.4, -0.2) is 29.3 Å². The number of methoxy groups -OCH3 is 2. The third-order valence-electron chi connectivity index (χ3n) is 3.64. The topological polar surface area (TPSA) is 101 Å². The van der Waals surface area contributed by atoms with Gasteiger partial charge in [-0.3, -0.25) is 10.1 Å². The first-order valence-electron chi connectivity index (χ1n) is 7.63. The van der Waals surface area contributed by atoms with Crippen LogP contribution in [0.5, 0.6) is 11.5 Å². The normalized spacial score (nSPS) is 10.6. The second kappa shape index (κ2) is 8.04. The average molecular weight is 391 g/mol. The summed E-state index contributed by atoms with van der Waals surface area (Å²) in [6, 6.07) is 8.82. The number of nitrogens with zero attached hydrogens (tertiary/aromatic N) is 3. The van der Waals surface area contributed by atoms with E-state index in [1.165, 1.54) is 32.4 Å². The molecule has 0 spiro atoms. The summed E-state index contributed by atoms with van der Waals surface area (Å²) < 4.78 is 29.9. The van der Waals surface area contributed by atoms with Crippen molar-refractivity contribution in [3.63, 3.8) is 0 Å². The van der Waals surface area contributed by atoms with Crippen molar-refractivity contribution in [3.05, 3.63) is 57.9 Å². The molecule has 8 nitrogen and oxygen atoms in total. The molecule has 0 bridgehead atoms. The molecule has 1 heterocycles. The highest BCUT2D eigenvalue weighted by Gasteiger charge is 2.19. The predicted molar refractivity (Wildman–Crippen MR) is 95.5 cm³/mol. The van der Waals surface area contributed by atoms with Gasteiger partial charge in [-0.2, -0.15) is 0 Å². The highest BCUT2D eigenvalue weighted by atomic mass is 32.2. The number of hydrogen-bond donors (Lipinski definition) is 0. The van der Waals surface area contributed by atoms with E-state index in [-0.39, 0.29) is 28.1 Å². The zero-order valence-corrected chi connectivity index (χ0v) is 15.2. The Morgan fingerprint density at radius 2 is 1.89 bits per heavy atom. The van der Waals surface area contributed by atoms with Gasteiger partial charge in [0.2, 0.25) is 5.89 Å². The number of halogens is 1. The van der Waals surface area contributed by atoms with Crippen LogP contribution in [0.25, 0.3) is 11.5 Å². The number of ether oxygens (including phenoxy) is 2. The van der Waals surface area contributed by atoms with Crippen LogP contribution in [0.3, 0.4) is 0 Å². The van der Waals surface area contributed by atoms with Crippen molar-refractivity contribution in [3.8, 4) is 23.0 Å². The number of benzene rings is 2. The van der Waals surface area contributed by atoms with Gasteiger partial charge in [0, 0.05) is 23.4 Å². The second-order valence-electron chi connectivity index (χ2n) is 5.26. The van der Waals surface area contributed by atoms with Crippen molar-refractivity contribution in [2.24, 2.45) is 0 Å². The van der Waals surface area contributed by atoms with Crippen molar-refractivity contribution in [2.75, 3.05) is 14.2 Å². The Kier molecular flexibility index (Phi) is 5.55.